The number of ether oxygens (including phenoxy) is 1. The summed E-state index contributed by atoms with van der Waals surface area (Å²) in [6.07, 6.45) is 13.4. The van der Waals surface area contributed by atoms with Crippen molar-refractivity contribution < 1.29 is 14.3 Å². The Labute approximate surface area is 250 Å². The minimum atomic E-state index is -0.149. The number of pyridine rings is 1. The summed E-state index contributed by atoms with van der Waals surface area (Å²) < 4.78 is 8.38. The van der Waals surface area contributed by atoms with Gasteiger partial charge in [0.05, 0.1) is 10.9 Å². The molecule has 0 aromatic carbocycles. The molecule has 0 bridgehead atoms. The lowest BCUT2D eigenvalue weighted by atomic mass is 9.85. The number of nitrogens with one attached hydrogen (secondary N) is 1. The van der Waals surface area contributed by atoms with Crippen molar-refractivity contribution in [1.29, 1.82) is 0 Å². The zero-order valence-electron chi connectivity index (χ0n) is 24.4. The first-order valence-corrected chi connectivity index (χ1v) is 16.2. The molecule has 4 aliphatic rings. The number of rotatable bonds is 6. The highest BCUT2D eigenvalue weighted by atomic mass is 32.1. The Bertz CT molecular complexity index is 1460. The summed E-state index contributed by atoms with van der Waals surface area (Å²) in [5.74, 6) is 0.943. The molecule has 2 aliphatic heterocycles. The third-order valence-electron chi connectivity index (χ3n) is 9.67. The Morgan fingerprint density at radius 1 is 1.10 bits per heavy atom. The fraction of sp³-hybridized carbons (Fsp3) is 0.581. The largest absolute Gasteiger partial charge is 0.483 e. The number of anilines is 1. The Balaban J connectivity index is 1.10. The molecule has 10 nitrogen and oxygen atoms in total. The standard InChI is InChI=1S/C31H39N7O3S/c1-19(39)33-31-34-25-18-41-28-26(21-6-5-14-32-16-21)35-38(27(28)29(25)42-31)23-11-9-20(10-12-23)30(40)36(2)24-13-15-37(17-24)22-7-3-4-8-22/h5-6,14,16,20,22-24H,3-4,7-13,15,17-18H2,1-2H3,(H,33,34,39)/t20?,23?,24-/m1/s1. The van der Waals surface area contributed by atoms with Crippen LogP contribution in [0.2, 0.25) is 0 Å². The van der Waals surface area contributed by atoms with Gasteiger partial charge in [-0.15, -0.1) is 0 Å². The van der Waals surface area contributed by atoms with E-state index in [1.807, 2.05) is 25.4 Å². The first-order chi connectivity index (χ1) is 20.5. The maximum absolute atomic E-state index is 13.6. The Kier molecular flexibility index (Phi) is 7.47. The number of likely N-dealkylation sites (N-methyl/N-ethyl adjacent to an activating group) is 1. The lowest BCUT2D eigenvalue weighted by Crippen LogP contribution is -2.44. The SMILES string of the molecule is CC(=O)Nc1nc2c(s1)-c1c(c(-c3cccnc3)nn1C1CCC(C(=O)N(C)[C@@H]3CCN(C4CCCC4)C3)CC1)OC2. The molecule has 2 aliphatic carbocycles. The van der Waals surface area contributed by atoms with Crippen molar-refractivity contribution in [2.24, 2.45) is 5.92 Å². The second-order valence-corrected chi connectivity index (χ2v) is 13.3. The van der Waals surface area contributed by atoms with Crippen LogP contribution in [0.4, 0.5) is 5.13 Å². The number of nitrogens with zero attached hydrogens (tertiary/aromatic N) is 6. The highest BCUT2D eigenvalue weighted by molar-refractivity contribution is 7.19. The van der Waals surface area contributed by atoms with E-state index >= 15 is 0 Å². The Hall–Kier alpha value is -3.31. The van der Waals surface area contributed by atoms with Crippen molar-refractivity contribution >= 4 is 28.3 Å². The predicted molar refractivity (Wildman–Crippen MR) is 161 cm³/mol. The molecule has 1 saturated heterocycles. The molecular formula is C31H39N7O3S. The van der Waals surface area contributed by atoms with E-state index < -0.39 is 0 Å². The third-order valence-corrected chi connectivity index (χ3v) is 10.7. The second kappa shape index (κ2) is 11.4. The van der Waals surface area contributed by atoms with Crippen LogP contribution in [0, 0.1) is 5.92 Å². The van der Waals surface area contributed by atoms with Gasteiger partial charge in [0, 0.05) is 63.0 Å². The van der Waals surface area contributed by atoms with Gasteiger partial charge in [0.25, 0.3) is 0 Å². The molecule has 11 heteroatoms. The van der Waals surface area contributed by atoms with E-state index in [1.54, 1.807) is 6.20 Å². The molecule has 7 rings (SSSR count). The highest BCUT2D eigenvalue weighted by Gasteiger charge is 2.38. The summed E-state index contributed by atoms with van der Waals surface area (Å²) in [4.78, 5) is 40.0. The van der Waals surface area contributed by atoms with Crippen molar-refractivity contribution in [3.63, 3.8) is 0 Å². The quantitative estimate of drug-likeness (QED) is 0.425. The van der Waals surface area contributed by atoms with Crippen molar-refractivity contribution in [2.75, 3.05) is 25.5 Å². The van der Waals surface area contributed by atoms with Crippen LogP contribution in [-0.2, 0) is 16.2 Å². The van der Waals surface area contributed by atoms with Gasteiger partial charge in [-0.2, -0.15) is 5.10 Å². The van der Waals surface area contributed by atoms with Crippen molar-refractivity contribution in [3.8, 4) is 27.6 Å². The Morgan fingerprint density at radius 2 is 1.90 bits per heavy atom. The van der Waals surface area contributed by atoms with E-state index in [4.69, 9.17) is 9.84 Å². The van der Waals surface area contributed by atoms with Crippen molar-refractivity contribution in [2.45, 2.75) is 89.4 Å². The predicted octanol–water partition coefficient (Wildman–Crippen LogP) is 5.13. The fourth-order valence-electron chi connectivity index (χ4n) is 7.42. The van der Waals surface area contributed by atoms with E-state index in [1.165, 1.54) is 43.9 Å². The van der Waals surface area contributed by atoms with Gasteiger partial charge < -0.3 is 15.0 Å². The molecule has 5 heterocycles. The zero-order chi connectivity index (χ0) is 28.8. The summed E-state index contributed by atoms with van der Waals surface area (Å²) in [7, 11) is 2.02. The highest BCUT2D eigenvalue weighted by Crippen LogP contribution is 2.49. The minimum absolute atomic E-state index is 0.0533. The molecule has 0 spiro atoms. The van der Waals surface area contributed by atoms with Crippen LogP contribution in [0.15, 0.2) is 24.5 Å². The van der Waals surface area contributed by atoms with Gasteiger partial charge in [-0.05, 0) is 57.1 Å². The number of hydrogen-bond donors (Lipinski definition) is 1. The van der Waals surface area contributed by atoms with Crippen LogP contribution in [0.1, 0.15) is 76.4 Å². The maximum Gasteiger partial charge on any atom is 0.225 e. The average molecular weight is 590 g/mol. The lowest BCUT2D eigenvalue weighted by molar-refractivity contribution is -0.137. The van der Waals surface area contributed by atoms with Gasteiger partial charge in [-0.3, -0.25) is 24.2 Å². The lowest BCUT2D eigenvalue weighted by Gasteiger charge is -2.34. The summed E-state index contributed by atoms with van der Waals surface area (Å²) in [6.45, 7) is 3.96. The molecule has 3 aromatic heterocycles. The van der Waals surface area contributed by atoms with Crippen LogP contribution in [0.5, 0.6) is 5.75 Å². The van der Waals surface area contributed by atoms with E-state index in [-0.39, 0.29) is 17.9 Å². The van der Waals surface area contributed by atoms with Gasteiger partial charge in [0.1, 0.15) is 23.7 Å². The first-order valence-electron chi connectivity index (χ1n) is 15.4. The number of thiazole rings is 1. The van der Waals surface area contributed by atoms with E-state index in [0.717, 1.165) is 84.5 Å². The van der Waals surface area contributed by atoms with Gasteiger partial charge in [-0.1, -0.05) is 24.2 Å². The summed E-state index contributed by atoms with van der Waals surface area (Å²) in [5.41, 5.74) is 3.39. The molecule has 0 radical (unpaired) electrons. The molecule has 0 unspecified atom stereocenters. The van der Waals surface area contributed by atoms with Gasteiger partial charge in [0.2, 0.25) is 11.8 Å². The van der Waals surface area contributed by atoms with Crippen LogP contribution in [0.3, 0.4) is 0 Å². The molecule has 222 valence electrons. The number of likely N-dealkylation sites (tertiary alicyclic amines) is 1. The molecular weight excluding hydrogens is 550 g/mol. The summed E-state index contributed by atoms with van der Waals surface area (Å²) >= 11 is 1.46. The molecule has 1 atom stereocenters. The molecule has 3 fully saturated rings. The molecule has 42 heavy (non-hydrogen) atoms. The number of carbonyl (C=O) groups is 2. The van der Waals surface area contributed by atoms with Crippen LogP contribution < -0.4 is 10.1 Å². The molecule has 1 N–H and O–H groups in total. The van der Waals surface area contributed by atoms with Gasteiger partial charge in [0.15, 0.2) is 10.9 Å². The Morgan fingerprint density at radius 3 is 2.64 bits per heavy atom. The van der Waals surface area contributed by atoms with E-state index in [2.05, 4.69) is 29.8 Å². The van der Waals surface area contributed by atoms with Gasteiger partial charge in [-0.25, -0.2) is 4.98 Å². The van der Waals surface area contributed by atoms with Crippen molar-refractivity contribution in [1.82, 2.24) is 29.5 Å². The van der Waals surface area contributed by atoms with Crippen LogP contribution in [0.25, 0.3) is 21.8 Å². The fourth-order valence-corrected chi connectivity index (χ4v) is 8.47. The number of hydrogen-bond acceptors (Lipinski definition) is 8. The van der Waals surface area contributed by atoms with E-state index in [9.17, 15) is 9.59 Å². The number of fused-ring (bicyclic) bond motifs is 3. The molecule has 2 saturated carbocycles. The minimum Gasteiger partial charge on any atom is -0.483 e. The second-order valence-electron chi connectivity index (χ2n) is 12.3. The molecule has 3 aromatic rings. The maximum atomic E-state index is 13.6. The zero-order valence-corrected chi connectivity index (χ0v) is 25.2. The monoisotopic (exact) mass is 589 g/mol. The topological polar surface area (TPSA) is 105 Å². The third kappa shape index (κ3) is 5.10. The van der Waals surface area contributed by atoms with Gasteiger partial charge >= 0.3 is 0 Å². The average Bonchev–Trinajstić information content (AvgIpc) is 3.81. The number of aromatic nitrogens is 4. The van der Waals surface area contributed by atoms with Crippen LogP contribution in [-0.4, -0.2) is 73.6 Å². The number of amides is 2. The molecule has 2 amide bonds. The summed E-state index contributed by atoms with van der Waals surface area (Å²) in [6, 6.07) is 5.10. The van der Waals surface area contributed by atoms with Crippen molar-refractivity contribution in [3.05, 3.63) is 30.2 Å². The van der Waals surface area contributed by atoms with Crippen LogP contribution >= 0.6 is 11.3 Å². The summed E-state index contributed by atoms with van der Waals surface area (Å²) in [5, 5.41) is 8.51. The van der Waals surface area contributed by atoms with E-state index in [0.29, 0.717) is 23.7 Å². The smallest absolute Gasteiger partial charge is 0.225 e. The normalized spacial score (nSPS) is 24.2. The first kappa shape index (κ1) is 27.5. The number of carbonyl (C=O) groups excluding carboxylic acids is 2.